The van der Waals surface area contributed by atoms with Crippen molar-refractivity contribution in [3.63, 3.8) is 0 Å². The lowest BCUT2D eigenvalue weighted by molar-refractivity contribution is -0.124. The summed E-state index contributed by atoms with van der Waals surface area (Å²) in [5.74, 6) is 0.159. The molecule has 2 N–H and O–H groups in total. The van der Waals surface area contributed by atoms with Gasteiger partial charge in [0.2, 0.25) is 5.91 Å². The fraction of sp³-hybridized carbons (Fsp3) is 0.412. The van der Waals surface area contributed by atoms with Crippen molar-refractivity contribution in [2.75, 3.05) is 19.6 Å². The van der Waals surface area contributed by atoms with Gasteiger partial charge < -0.3 is 10.6 Å². The maximum absolute atomic E-state index is 12.5. The standard InChI is InChI=1S/C17H20Cl2N4O/c1-23-10-12(7-22-23)14-8-20-9-15(14)17(24)21-5-4-11-2-3-13(18)6-16(11)19/h2-3,6-7,10,14-15,20H,4-5,8-9H2,1H3,(H,21,24)/t14-,15+/m1/s1. The minimum atomic E-state index is -0.0742. The molecule has 2 heterocycles. The van der Waals surface area contributed by atoms with Gasteiger partial charge in [-0.05, 0) is 29.7 Å². The summed E-state index contributed by atoms with van der Waals surface area (Å²) in [6.07, 6.45) is 4.50. The van der Waals surface area contributed by atoms with Gasteiger partial charge >= 0.3 is 0 Å². The Hall–Kier alpha value is -1.56. The Morgan fingerprint density at radius 2 is 2.25 bits per heavy atom. The van der Waals surface area contributed by atoms with E-state index >= 15 is 0 Å². The van der Waals surface area contributed by atoms with E-state index in [-0.39, 0.29) is 17.7 Å². The Labute approximate surface area is 151 Å². The first kappa shape index (κ1) is 17.3. The second-order valence-corrected chi connectivity index (χ2v) is 6.94. The zero-order valence-corrected chi connectivity index (χ0v) is 14.9. The summed E-state index contributed by atoms with van der Waals surface area (Å²) in [5.41, 5.74) is 2.08. The minimum Gasteiger partial charge on any atom is -0.355 e. The molecule has 0 saturated carbocycles. The number of aryl methyl sites for hydroxylation is 1. The van der Waals surface area contributed by atoms with E-state index in [2.05, 4.69) is 15.7 Å². The van der Waals surface area contributed by atoms with E-state index in [0.29, 0.717) is 29.6 Å². The van der Waals surface area contributed by atoms with Crippen LogP contribution < -0.4 is 10.6 Å². The van der Waals surface area contributed by atoms with E-state index in [1.165, 1.54) is 0 Å². The molecule has 1 aliphatic rings. The van der Waals surface area contributed by atoms with E-state index in [1.807, 2.05) is 31.6 Å². The third-order valence-corrected chi connectivity index (χ3v) is 5.00. The molecule has 1 amide bonds. The highest BCUT2D eigenvalue weighted by Gasteiger charge is 2.34. The molecule has 0 aliphatic carbocycles. The Bertz CT molecular complexity index is 731. The maximum Gasteiger partial charge on any atom is 0.225 e. The largest absolute Gasteiger partial charge is 0.355 e. The van der Waals surface area contributed by atoms with Crippen LogP contribution in [-0.4, -0.2) is 35.3 Å². The zero-order valence-electron chi connectivity index (χ0n) is 13.4. The molecular weight excluding hydrogens is 347 g/mol. The SMILES string of the molecule is Cn1cc([C@H]2CNC[C@@H]2C(=O)NCCc2ccc(Cl)cc2Cl)cn1. The summed E-state index contributed by atoms with van der Waals surface area (Å²) in [7, 11) is 1.89. The second-order valence-electron chi connectivity index (χ2n) is 6.10. The summed E-state index contributed by atoms with van der Waals surface area (Å²) in [6, 6.07) is 5.43. The van der Waals surface area contributed by atoms with Gasteiger partial charge in [-0.3, -0.25) is 9.48 Å². The van der Waals surface area contributed by atoms with Crippen molar-refractivity contribution in [3.05, 3.63) is 51.8 Å². The molecule has 24 heavy (non-hydrogen) atoms. The number of halogens is 2. The van der Waals surface area contributed by atoms with E-state index in [4.69, 9.17) is 23.2 Å². The van der Waals surface area contributed by atoms with Crippen molar-refractivity contribution in [3.8, 4) is 0 Å². The number of benzene rings is 1. The van der Waals surface area contributed by atoms with Gasteiger partial charge in [0.1, 0.15) is 0 Å². The summed E-state index contributed by atoms with van der Waals surface area (Å²) in [5, 5.41) is 11.8. The van der Waals surface area contributed by atoms with E-state index in [9.17, 15) is 4.79 Å². The first-order valence-electron chi connectivity index (χ1n) is 7.95. The van der Waals surface area contributed by atoms with Crippen LogP contribution in [0.15, 0.2) is 30.6 Å². The fourth-order valence-electron chi connectivity index (χ4n) is 3.11. The molecule has 7 heteroatoms. The summed E-state index contributed by atoms with van der Waals surface area (Å²) >= 11 is 12.1. The average Bonchev–Trinajstić information content (AvgIpc) is 3.17. The molecule has 0 unspecified atom stereocenters. The molecule has 1 aromatic carbocycles. The van der Waals surface area contributed by atoms with E-state index < -0.39 is 0 Å². The minimum absolute atomic E-state index is 0.0685. The lowest BCUT2D eigenvalue weighted by atomic mass is 9.90. The molecule has 0 spiro atoms. The van der Waals surface area contributed by atoms with Crippen LogP contribution in [-0.2, 0) is 18.3 Å². The molecule has 2 aromatic rings. The second kappa shape index (κ2) is 7.55. The summed E-state index contributed by atoms with van der Waals surface area (Å²) in [4.78, 5) is 12.5. The number of hydrogen-bond donors (Lipinski definition) is 2. The number of carbonyl (C=O) groups excluding carboxylic acids is 1. The molecule has 5 nitrogen and oxygen atoms in total. The predicted octanol–water partition coefficient (Wildman–Crippen LogP) is 2.39. The highest BCUT2D eigenvalue weighted by molar-refractivity contribution is 6.35. The van der Waals surface area contributed by atoms with Crippen LogP contribution in [0.4, 0.5) is 0 Å². The molecule has 1 aliphatic heterocycles. The van der Waals surface area contributed by atoms with Crippen LogP contribution in [0.3, 0.4) is 0 Å². The molecule has 1 fully saturated rings. The number of aromatic nitrogens is 2. The highest BCUT2D eigenvalue weighted by atomic mass is 35.5. The molecule has 1 saturated heterocycles. The quantitative estimate of drug-likeness (QED) is 0.853. The normalized spacial score (nSPS) is 20.3. The topological polar surface area (TPSA) is 59.0 Å². The molecule has 3 rings (SSSR count). The highest BCUT2D eigenvalue weighted by Crippen LogP contribution is 2.28. The van der Waals surface area contributed by atoms with Crippen LogP contribution in [0.2, 0.25) is 10.0 Å². The number of carbonyl (C=O) groups is 1. The third kappa shape index (κ3) is 3.91. The number of rotatable bonds is 5. The molecule has 128 valence electrons. The van der Waals surface area contributed by atoms with Gasteiger partial charge in [0.25, 0.3) is 0 Å². The van der Waals surface area contributed by atoms with Crippen molar-refractivity contribution in [1.29, 1.82) is 0 Å². The van der Waals surface area contributed by atoms with Crippen molar-refractivity contribution in [2.45, 2.75) is 12.3 Å². The van der Waals surface area contributed by atoms with Crippen LogP contribution in [0.25, 0.3) is 0 Å². The molecule has 1 aromatic heterocycles. The smallest absolute Gasteiger partial charge is 0.225 e. The van der Waals surface area contributed by atoms with Crippen molar-refractivity contribution in [1.82, 2.24) is 20.4 Å². The first-order chi connectivity index (χ1) is 11.5. The lowest BCUT2D eigenvalue weighted by Crippen LogP contribution is -2.35. The number of amides is 1. The molecular formula is C17H20Cl2N4O. The Kier molecular flexibility index (Phi) is 5.43. The fourth-order valence-corrected chi connectivity index (χ4v) is 3.61. The summed E-state index contributed by atoms with van der Waals surface area (Å²) < 4.78 is 1.77. The van der Waals surface area contributed by atoms with Gasteiger partial charge in [0.15, 0.2) is 0 Å². The van der Waals surface area contributed by atoms with Crippen LogP contribution >= 0.6 is 23.2 Å². The van der Waals surface area contributed by atoms with Crippen molar-refractivity contribution < 1.29 is 4.79 Å². The average molecular weight is 367 g/mol. The Morgan fingerprint density at radius 3 is 2.96 bits per heavy atom. The van der Waals surface area contributed by atoms with E-state index in [0.717, 1.165) is 17.7 Å². The predicted molar refractivity (Wildman–Crippen MR) is 95.5 cm³/mol. The van der Waals surface area contributed by atoms with Crippen LogP contribution in [0.1, 0.15) is 17.0 Å². The van der Waals surface area contributed by atoms with Crippen LogP contribution in [0, 0.1) is 5.92 Å². The van der Waals surface area contributed by atoms with Gasteiger partial charge in [-0.2, -0.15) is 5.10 Å². The van der Waals surface area contributed by atoms with Crippen LogP contribution in [0.5, 0.6) is 0 Å². The number of nitrogens with one attached hydrogen (secondary N) is 2. The monoisotopic (exact) mass is 366 g/mol. The summed E-state index contributed by atoms with van der Waals surface area (Å²) in [6.45, 7) is 2.04. The van der Waals surface area contributed by atoms with Gasteiger partial charge in [0, 0.05) is 48.8 Å². The molecule has 0 bridgehead atoms. The zero-order chi connectivity index (χ0) is 17.1. The number of hydrogen-bond acceptors (Lipinski definition) is 3. The molecule has 0 radical (unpaired) electrons. The maximum atomic E-state index is 12.5. The van der Waals surface area contributed by atoms with Crippen molar-refractivity contribution >= 4 is 29.1 Å². The van der Waals surface area contributed by atoms with Gasteiger partial charge in [-0.1, -0.05) is 29.3 Å². The third-order valence-electron chi connectivity index (χ3n) is 4.41. The van der Waals surface area contributed by atoms with Gasteiger partial charge in [-0.25, -0.2) is 0 Å². The van der Waals surface area contributed by atoms with Crippen molar-refractivity contribution in [2.24, 2.45) is 13.0 Å². The number of nitrogens with zero attached hydrogens (tertiary/aromatic N) is 2. The first-order valence-corrected chi connectivity index (χ1v) is 8.71. The van der Waals surface area contributed by atoms with Gasteiger partial charge in [-0.15, -0.1) is 0 Å². The Balaban J connectivity index is 1.56. The van der Waals surface area contributed by atoms with Gasteiger partial charge in [0.05, 0.1) is 12.1 Å². The molecule has 2 atom stereocenters. The lowest BCUT2D eigenvalue weighted by Gasteiger charge is -2.17. The Morgan fingerprint density at radius 1 is 1.42 bits per heavy atom. The van der Waals surface area contributed by atoms with E-state index in [1.54, 1.807) is 10.7 Å².